The maximum absolute atomic E-state index is 9.32. The summed E-state index contributed by atoms with van der Waals surface area (Å²) in [5.74, 6) is 0. The highest BCUT2D eigenvalue weighted by Crippen LogP contribution is 2.32. The molecular weight excluding hydrogens is 214 g/mol. The highest BCUT2D eigenvalue weighted by Gasteiger charge is 2.37. The van der Waals surface area contributed by atoms with Gasteiger partial charge in [-0.2, -0.15) is 0 Å². The number of aliphatic hydroxyl groups excluding tert-OH is 1. The lowest BCUT2D eigenvalue weighted by molar-refractivity contribution is 0.0898. The van der Waals surface area contributed by atoms with Crippen LogP contribution in [0.25, 0.3) is 0 Å². The maximum atomic E-state index is 9.32. The summed E-state index contributed by atoms with van der Waals surface area (Å²) in [5, 5.41) is 9.32. The second-order valence-electron chi connectivity index (χ2n) is 4.44. The third-order valence-electron chi connectivity index (χ3n) is 3.46. The molecule has 0 heterocycles. The normalized spacial score (nSPS) is 16.5. The van der Waals surface area contributed by atoms with Gasteiger partial charge in [0.25, 0.3) is 0 Å². The van der Waals surface area contributed by atoms with E-state index < -0.39 is 0 Å². The number of rotatable bonds is 7. The molecule has 1 aromatic rings. The van der Waals surface area contributed by atoms with E-state index >= 15 is 0 Å². The molecule has 3 heteroatoms. The summed E-state index contributed by atoms with van der Waals surface area (Å²) < 4.78 is 5.35. The highest BCUT2D eigenvalue weighted by molar-refractivity contribution is 5.28. The predicted octanol–water partition coefficient (Wildman–Crippen LogP) is 1.69. The molecule has 0 aliphatic rings. The molecule has 0 fully saturated rings. The number of aliphatic hydroxyl groups is 1. The van der Waals surface area contributed by atoms with Crippen LogP contribution in [0.4, 0.5) is 0 Å². The fourth-order valence-electron chi connectivity index (χ4n) is 2.42. The van der Waals surface area contributed by atoms with Gasteiger partial charge in [0.15, 0.2) is 0 Å². The Hall–Kier alpha value is -0.900. The van der Waals surface area contributed by atoms with Crippen molar-refractivity contribution >= 4 is 0 Å². The topological polar surface area (TPSA) is 55.5 Å². The minimum atomic E-state index is -0.292. The van der Waals surface area contributed by atoms with Crippen LogP contribution in [-0.4, -0.2) is 31.5 Å². The average Bonchev–Trinajstić information content (AvgIpc) is 2.38. The monoisotopic (exact) mass is 237 g/mol. The van der Waals surface area contributed by atoms with E-state index in [2.05, 4.69) is 19.1 Å². The highest BCUT2D eigenvalue weighted by atomic mass is 16.5. The van der Waals surface area contributed by atoms with Gasteiger partial charge in [0.2, 0.25) is 0 Å². The quantitative estimate of drug-likeness (QED) is 0.758. The fraction of sp³-hybridized carbons (Fsp3) is 0.571. The van der Waals surface area contributed by atoms with Crippen molar-refractivity contribution in [2.24, 2.45) is 5.73 Å². The van der Waals surface area contributed by atoms with Gasteiger partial charge in [-0.05, 0) is 18.4 Å². The lowest BCUT2D eigenvalue weighted by Crippen LogP contribution is -2.49. The maximum Gasteiger partial charge on any atom is 0.0574 e. The van der Waals surface area contributed by atoms with Crippen LogP contribution in [0.2, 0.25) is 0 Å². The van der Waals surface area contributed by atoms with Gasteiger partial charge in [0, 0.05) is 25.2 Å². The third kappa shape index (κ3) is 3.06. The van der Waals surface area contributed by atoms with Crippen LogP contribution in [-0.2, 0) is 10.2 Å². The van der Waals surface area contributed by atoms with Crippen LogP contribution in [0.5, 0.6) is 0 Å². The molecule has 2 atom stereocenters. The van der Waals surface area contributed by atoms with Crippen molar-refractivity contribution < 1.29 is 9.84 Å². The standard InChI is InChI=1S/C14H23NO2/c1-3-13(15)14(9-10-16,11-17-2)12-7-5-4-6-8-12/h4-8,13,16H,3,9-11,15H2,1-2H3. The molecule has 3 nitrogen and oxygen atoms in total. The average molecular weight is 237 g/mol. The van der Waals surface area contributed by atoms with Crippen LogP contribution in [0.15, 0.2) is 30.3 Å². The van der Waals surface area contributed by atoms with E-state index in [9.17, 15) is 5.11 Å². The van der Waals surface area contributed by atoms with Crippen LogP contribution in [0.3, 0.4) is 0 Å². The first-order valence-electron chi connectivity index (χ1n) is 6.12. The summed E-state index contributed by atoms with van der Waals surface area (Å²) in [6, 6.07) is 10.1. The summed E-state index contributed by atoms with van der Waals surface area (Å²) >= 11 is 0. The van der Waals surface area contributed by atoms with E-state index in [0.717, 1.165) is 12.0 Å². The van der Waals surface area contributed by atoms with Crippen LogP contribution in [0.1, 0.15) is 25.3 Å². The zero-order valence-corrected chi connectivity index (χ0v) is 10.7. The number of nitrogens with two attached hydrogens (primary N) is 1. The van der Waals surface area contributed by atoms with Gasteiger partial charge in [0.1, 0.15) is 0 Å². The van der Waals surface area contributed by atoms with Crippen LogP contribution in [0, 0.1) is 0 Å². The molecule has 3 N–H and O–H groups in total. The van der Waals surface area contributed by atoms with Crippen molar-refractivity contribution in [3.63, 3.8) is 0 Å². The lowest BCUT2D eigenvalue weighted by Gasteiger charge is -2.38. The number of hydrogen-bond acceptors (Lipinski definition) is 3. The molecule has 1 rings (SSSR count). The Morgan fingerprint density at radius 1 is 1.35 bits per heavy atom. The molecule has 0 spiro atoms. The summed E-state index contributed by atoms with van der Waals surface area (Å²) in [7, 11) is 1.68. The van der Waals surface area contributed by atoms with Crippen molar-refractivity contribution in [2.75, 3.05) is 20.3 Å². The van der Waals surface area contributed by atoms with Crippen molar-refractivity contribution in [1.82, 2.24) is 0 Å². The smallest absolute Gasteiger partial charge is 0.0574 e. The molecule has 0 aliphatic heterocycles. The molecule has 0 radical (unpaired) electrons. The first kappa shape index (κ1) is 14.2. The molecule has 0 saturated carbocycles. The van der Waals surface area contributed by atoms with E-state index in [1.54, 1.807) is 7.11 Å². The van der Waals surface area contributed by atoms with Gasteiger partial charge in [-0.15, -0.1) is 0 Å². The largest absolute Gasteiger partial charge is 0.396 e. The minimum absolute atomic E-state index is 0.0167. The molecule has 1 aromatic carbocycles. The van der Waals surface area contributed by atoms with Gasteiger partial charge in [-0.1, -0.05) is 37.3 Å². The van der Waals surface area contributed by atoms with Crippen molar-refractivity contribution in [1.29, 1.82) is 0 Å². The Bertz CT molecular complexity index is 307. The summed E-state index contributed by atoms with van der Waals surface area (Å²) in [4.78, 5) is 0. The number of benzene rings is 1. The van der Waals surface area contributed by atoms with E-state index in [0.29, 0.717) is 13.0 Å². The first-order valence-corrected chi connectivity index (χ1v) is 6.12. The second-order valence-corrected chi connectivity index (χ2v) is 4.44. The van der Waals surface area contributed by atoms with E-state index in [-0.39, 0.29) is 18.1 Å². The van der Waals surface area contributed by atoms with Crippen molar-refractivity contribution in [3.8, 4) is 0 Å². The number of methoxy groups -OCH3 is 1. The van der Waals surface area contributed by atoms with Gasteiger partial charge in [-0.3, -0.25) is 0 Å². The van der Waals surface area contributed by atoms with Crippen molar-refractivity contribution in [3.05, 3.63) is 35.9 Å². The molecule has 0 amide bonds. The Kier molecular flexibility index (Phi) is 5.62. The van der Waals surface area contributed by atoms with Gasteiger partial charge < -0.3 is 15.6 Å². The first-order chi connectivity index (χ1) is 8.21. The Morgan fingerprint density at radius 3 is 2.47 bits per heavy atom. The summed E-state index contributed by atoms with van der Waals surface area (Å²) in [5.41, 5.74) is 7.12. The summed E-state index contributed by atoms with van der Waals surface area (Å²) in [6.07, 6.45) is 1.48. The molecule has 2 unspecified atom stereocenters. The van der Waals surface area contributed by atoms with Gasteiger partial charge >= 0.3 is 0 Å². The summed E-state index contributed by atoms with van der Waals surface area (Å²) in [6.45, 7) is 2.72. The zero-order chi connectivity index (χ0) is 12.7. The molecule has 96 valence electrons. The molecule has 17 heavy (non-hydrogen) atoms. The SMILES string of the molecule is CCC(N)C(CCO)(COC)c1ccccc1. The lowest BCUT2D eigenvalue weighted by atomic mass is 9.72. The number of ether oxygens (including phenoxy) is 1. The number of hydrogen-bond donors (Lipinski definition) is 2. The molecule has 0 saturated heterocycles. The molecule has 0 bridgehead atoms. The third-order valence-corrected chi connectivity index (χ3v) is 3.46. The van der Waals surface area contributed by atoms with Gasteiger partial charge in [0.05, 0.1) is 6.61 Å². The van der Waals surface area contributed by atoms with Crippen molar-refractivity contribution in [2.45, 2.75) is 31.2 Å². The Balaban J connectivity index is 3.14. The van der Waals surface area contributed by atoms with Crippen LogP contribution < -0.4 is 5.73 Å². The van der Waals surface area contributed by atoms with E-state index in [1.807, 2.05) is 18.2 Å². The second kappa shape index (κ2) is 6.74. The Morgan fingerprint density at radius 2 is 2.00 bits per heavy atom. The van der Waals surface area contributed by atoms with E-state index in [4.69, 9.17) is 10.5 Å². The van der Waals surface area contributed by atoms with Crippen LogP contribution >= 0.6 is 0 Å². The minimum Gasteiger partial charge on any atom is -0.396 e. The fourth-order valence-corrected chi connectivity index (χ4v) is 2.42. The van der Waals surface area contributed by atoms with Gasteiger partial charge in [-0.25, -0.2) is 0 Å². The predicted molar refractivity (Wildman–Crippen MR) is 70.0 cm³/mol. The van der Waals surface area contributed by atoms with E-state index in [1.165, 1.54) is 0 Å². The molecule has 0 aliphatic carbocycles. The molecule has 0 aromatic heterocycles. The zero-order valence-electron chi connectivity index (χ0n) is 10.7. The molecular formula is C14H23NO2. The Labute approximate surface area is 104 Å².